The van der Waals surface area contributed by atoms with Gasteiger partial charge in [-0.3, -0.25) is 4.79 Å². The third-order valence-electron chi connectivity index (χ3n) is 2.35. The predicted octanol–water partition coefficient (Wildman–Crippen LogP) is 0.266. The summed E-state index contributed by atoms with van der Waals surface area (Å²) in [5.41, 5.74) is 0. The van der Waals surface area contributed by atoms with Crippen LogP contribution in [-0.4, -0.2) is 79.1 Å². The summed E-state index contributed by atoms with van der Waals surface area (Å²) >= 11 is 0. The predicted molar refractivity (Wildman–Crippen MR) is 79.6 cm³/mol. The zero-order valence-electron chi connectivity index (χ0n) is 13.2. The second kappa shape index (κ2) is 17.9. The Morgan fingerprint density at radius 1 is 0.773 bits per heavy atom. The first-order valence-electron chi connectivity index (χ1n) is 7.20. The van der Waals surface area contributed by atoms with Crippen molar-refractivity contribution in [2.24, 2.45) is 0 Å². The molecular formula is C15H26O7. The maximum Gasteiger partial charge on any atom is 0.307 e. The molecule has 0 atom stereocenters. The standard InChI is InChI=1S/C15H26O7/c1-3-5-18-7-9-20-11-13-22-14-12-21-10-8-19-6-4-15(16)17-2/h1H,4-14H2,2H3. The van der Waals surface area contributed by atoms with Gasteiger partial charge in [-0.2, -0.15) is 0 Å². The Morgan fingerprint density at radius 2 is 1.18 bits per heavy atom. The first-order chi connectivity index (χ1) is 10.8. The van der Waals surface area contributed by atoms with Gasteiger partial charge in [-0.05, 0) is 0 Å². The smallest absolute Gasteiger partial charge is 0.307 e. The van der Waals surface area contributed by atoms with Gasteiger partial charge in [0.05, 0.1) is 73.0 Å². The molecule has 0 unspecified atom stereocenters. The monoisotopic (exact) mass is 318 g/mol. The highest BCUT2D eigenvalue weighted by molar-refractivity contribution is 5.69. The molecular weight excluding hydrogens is 292 g/mol. The molecule has 0 bridgehead atoms. The largest absolute Gasteiger partial charge is 0.469 e. The van der Waals surface area contributed by atoms with Gasteiger partial charge in [0, 0.05) is 0 Å². The summed E-state index contributed by atoms with van der Waals surface area (Å²) in [4.78, 5) is 10.8. The van der Waals surface area contributed by atoms with Gasteiger partial charge in [-0.1, -0.05) is 5.92 Å². The summed E-state index contributed by atoms with van der Waals surface area (Å²) in [6.07, 6.45) is 5.28. The molecule has 0 spiro atoms. The first-order valence-corrected chi connectivity index (χ1v) is 7.20. The average molecular weight is 318 g/mol. The molecule has 0 rings (SSSR count). The maximum absolute atomic E-state index is 10.8. The van der Waals surface area contributed by atoms with Crippen LogP contribution in [0.2, 0.25) is 0 Å². The van der Waals surface area contributed by atoms with Crippen LogP contribution in [-0.2, 0) is 33.2 Å². The minimum atomic E-state index is -0.279. The van der Waals surface area contributed by atoms with E-state index in [2.05, 4.69) is 10.7 Å². The highest BCUT2D eigenvalue weighted by Gasteiger charge is 1.99. The Labute approximate surface area is 132 Å². The van der Waals surface area contributed by atoms with Gasteiger partial charge in [0.1, 0.15) is 6.61 Å². The van der Waals surface area contributed by atoms with Gasteiger partial charge in [-0.25, -0.2) is 0 Å². The van der Waals surface area contributed by atoms with E-state index < -0.39 is 0 Å². The lowest BCUT2D eigenvalue weighted by molar-refractivity contribution is -0.141. The second-order valence-corrected chi connectivity index (χ2v) is 4.03. The zero-order chi connectivity index (χ0) is 16.3. The van der Waals surface area contributed by atoms with Crippen molar-refractivity contribution in [3.05, 3.63) is 0 Å². The average Bonchev–Trinajstić information content (AvgIpc) is 2.54. The Bertz CT molecular complexity index is 288. The Balaban J connectivity index is 3.00. The van der Waals surface area contributed by atoms with E-state index in [9.17, 15) is 4.79 Å². The van der Waals surface area contributed by atoms with Gasteiger partial charge in [-0.15, -0.1) is 6.42 Å². The maximum atomic E-state index is 10.8. The lowest BCUT2D eigenvalue weighted by Crippen LogP contribution is -2.14. The molecule has 0 heterocycles. The van der Waals surface area contributed by atoms with Crippen LogP contribution in [0.15, 0.2) is 0 Å². The van der Waals surface area contributed by atoms with E-state index in [0.717, 1.165) is 0 Å². The topological polar surface area (TPSA) is 72.5 Å². The lowest BCUT2D eigenvalue weighted by Gasteiger charge is -2.07. The number of terminal acetylenes is 1. The molecule has 0 saturated carbocycles. The molecule has 0 aliphatic heterocycles. The fraction of sp³-hybridized carbons (Fsp3) is 0.800. The van der Waals surface area contributed by atoms with Gasteiger partial charge in [0.25, 0.3) is 0 Å². The third kappa shape index (κ3) is 16.9. The molecule has 0 amide bonds. The van der Waals surface area contributed by atoms with E-state index in [0.29, 0.717) is 66.1 Å². The van der Waals surface area contributed by atoms with Crippen molar-refractivity contribution in [1.29, 1.82) is 0 Å². The first kappa shape index (κ1) is 20.8. The Hall–Kier alpha value is -1.17. The summed E-state index contributed by atoms with van der Waals surface area (Å²) in [5, 5.41) is 0. The lowest BCUT2D eigenvalue weighted by atomic mass is 10.5. The van der Waals surface area contributed by atoms with Crippen LogP contribution in [0, 0.1) is 12.3 Å². The minimum absolute atomic E-state index is 0.257. The van der Waals surface area contributed by atoms with Crippen molar-refractivity contribution in [2.75, 3.05) is 73.2 Å². The van der Waals surface area contributed by atoms with Crippen molar-refractivity contribution < 1.29 is 33.2 Å². The summed E-state index contributed by atoms with van der Waals surface area (Å²) in [6.45, 7) is 4.56. The summed E-state index contributed by atoms with van der Waals surface area (Å²) in [7, 11) is 1.35. The van der Waals surface area contributed by atoms with E-state index in [1.807, 2.05) is 0 Å². The summed E-state index contributed by atoms with van der Waals surface area (Å²) in [5.74, 6) is 2.10. The van der Waals surface area contributed by atoms with Crippen LogP contribution in [0.25, 0.3) is 0 Å². The SMILES string of the molecule is C#CCOCCOCCOCCOCCOCCC(=O)OC. The van der Waals surface area contributed by atoms with Crippen LogP contribution >= 0.6 is 0 Å². The molecule has 7 nitrogen and oxygen atoms in total. The van der Waals surface area contributed by atoms with Gasteiger partial charge in [0.15, 0.2) is 0 Å². The van der Waals surface area contributed by atoms with Crippen LogP contribution < -0.4 is 0 Å². The number of rotatable bonds is 16. The highest BCUT2D eigenvalue weighted by atomic mass is 16.6. The van der Waals surface area contributed by atoms with Crippen LogP contribution in [0.1, 0.15) is 6.42 Å². The molecule has 0 aliphatic rings. The number of ether oxygens (including phenoxy) is 6. The van der Waals surface area contributed by atoms with Gasteiger partial charge in [0.2, 0.25) is 0 Å². The van der Waals surface area contributed by atoms with Crippen molar-refractivity contribution in [3.63, 3.8) is 0 Å². The number of carbonyl (C=O) groups is 1. The van der Waals surface area contributed by atoms with Crippen molar-refractivity contribution in [2.45, 2.75) is 6.42 Å². The summed E-state index contributed by atoms with van der Waals surface area (Å²) < 4.78 is 30.6. The highest BCUT2D eigenvalue weighted by Crippen LogP contribution is 1.87. The fourth-order valence-electron chi connectivity index (χ4n) is 1.27. The quantitative estimate of drug-likeness (QED) is 0.230. The Kier molecular flexibility index (Phi) is 16.9. The van der Waals surface area contributed by atoms with E-state index in [1.165, 1.54) is 7.11 Å². The van der Waals surface area contributed by atoms with Crippen LogP contribution in [0.5, 0.6) is 0 Å². The molecule has 0 aliphatic carbocycles. The third-order valence-corrected chi connectivity index (χ3v) is 2.35. The number of hydrogen-bond donors (Lipinski definition) is 0. The minimum Gasteiger partial charge on any atom is -0.469 e. The normalized spacial score (nSPS) is 10.4. The second-order valence-electron chi connectivity index (χ2n) is 4.03. The number of hydrogen-bond acceptors (Lipinski definition) is 7. The summed E-state index contributed by atoms with van der Waals surface area (Å²) in [6, 6.07) is 0. The van der Waals surface area contributed by atoms with Crippen molar-refractivity contribution >= 4 is 5.97 Å². The molecule has 22 heavy (non-hydrogen) atoms. The number of methoxy groups -OCH3 is 1. The molecule has 0 saturated heterocycles. The van der Waals surface area contributed by atoms with Crippen LogP contribution in [0.3, 0.4) is 0 Å². The molecule has 0 radical (unpaired) electrons. The van der Waals surface area contributed by atoms with Crippen molar-refractivity contribution in [1.82, 2.24) is 0 Å². The molecule has 7 heteroatoms. The van der Waals surface area contributed by atoms with Crippen LogP contribution in [0.4, 0.5) is 0 Å². The van der Waals surface area contributed by atoms with Gasteiger partial charge < -0.3 is 28.4 Å². The number of esters is 1. The molecule has 0 aromatic rings. The molecule has 128 valence electrons. The van der Waals surface area contributed by atoms with E-state index in [4.69, 9.17) is 30.1 Å². The molecule has 0 aromatic heterocycles. The molecule has 0 fully saturated rings. The van der Waals surface area contributed by atoms with Crippen molar-refractivity contribution in [3.8, 4) is 12.3 Å². The van der Waals surface area contributed by atoms with E-state index in [1.54, 1.807) is 0 Å². The fourth-order valence-corrected chi connectivity index (χ4v) is 1.27. The molecule has 0 N–H and O–H groups in total. The Morgan fingerprint density at radius 3 is 1.59 bits per heavy atom. The van der Waals surface area contributed by atoms with E-state index >= 15 is 0 Å². The number of carbonyl (C=O) groups excluding carboxylic acids is 1. The molecule has 0 aromatic carbocycles. The zero-order valence-corrected chi connectivity index (χ0v) is 13.2. The van der Waals surface area contributed by atoms with Gasteiger partial charge >= 0.3 is 5.97 Å². The van der Waals surface area contributed by atoms with E-state index in [-0.39, 0.29) is 12.4 Å².